The van der Waals surface area contributed by atoms with Crippen LogP contribution in [0.1, 0.15) is 28.6 Å². The molecule has 6 heteroatoms. The van der Waals surface area contributed by atoms with Gasteiger partial charge >= 0.3 is 6.03 Å². The molecule has 0 saturated heterocycles. The lowest BCUT2D eigenvalue weighted by molar-refractivity contribution is 0.103. The molecule has 1 heterocycles. The first-order chi connectivity index (χ1) is 13.7. The van der Waals surface area contributed by atoms with Crippen molar-refractivity contribution in [3.63, 3.8) is 0 Å². The molecule has 1 aromatic heterocycles. The Morgan fingerprint density at radius 1 is 0.929 bits per heavy atom. The highest BCUT2D eigenvalue weighted by Gasteiger charge is 2.14. The van der Waals surface area contributed by atoms with Crippen LogP contribution < -0.4 is 10.6 Å². The van der Waals surface area contributed by atoms with Crippen molar-refractivity contribution in [2.75, 3.05) is 17.2 Å². The molecule has 0 aliphatic heterocycles. The van der Waals surface area contributed by atoms with E-state index in [4.69, 9.17) is 0 Å². The SMILES string of the molecule is CCCN(Cc1ccccc1)C(=O)Nc1cccc(NC(=O)c2cccs2)c1. The molecule has 0 radical (unpaired) electrons. The smallest absolute Gasteiger partial charge is 0.321 e. The summed E-state index contributed by atoms with van der Waals surface area (Å²) in [6.07, 6.45) is 0.872. The van der Waals surface area contributed by atoms with Crippen molar-refractivity contribution < 1.29 is 9.59 Å². The van der Waals surface area contributed by atoms with Crippen LogP contribution in [-0.2, 0) is 6.54 Å². The summed E-state index contributed by atoms with van der Waals surface area (Å²) in [5, 5.41) is 7.65. The van der Waals surface area contributed by atoms with Gasteiger partial charge in [-0.25, -0.2) is 4.79 Å². The zero-order valence-corrected chi connectivity index (χ0v) is 16.5. The van der Waals surface area contributed by atoms with E-state index in [1.807, 2.05) is 54.8 Å². The minimum Gasteiger partial charge on any atom is -0.321 e. The van der Waals surface area contributed by atoms with Gasteiger partial charge in [0.25, 0.3) is 5.91 Å². The van der Waals surface area contributed by atoms with Crippen molar-refractivity contribution >= 4 is 34.6 Å². The van der Waals surface area contributed by atoms with E-state index < -0.39 is 0 Å². The van der Waals surface area contributed by atoms with E-state index in [0.717, 1.165) is 12.0 Å². The molecule has 2 aromatic carbocycles. The maximum Gasteiger partial charge on any atom is 0.322 e. The Kier molecular flexibility index (Phi) is 6.81. The van der Waals surface area contributed by atoms with Gasteiger partial charge in [0.15, 0.2) is 0 Å². The first kappa shape index (κ1) is 19.6. The van der Waals surface area contributed by atoms with Crippen molar-refractivity contribution in [3.05, 3.63) is 82.6 Å². The van der Waals surface area contributed by atoms with Crippen LogP contribution in [0.3, 0.4) is 0 Å². The topological polar surface area (TPSA) is 61.4 Å². The molecule has 0 spiro atoms. The predicted octanol–water partition coefficient (Wildman–Crippen LogP) is 5.44. The molecule has 0 aliphatic rings. The van der Waals surface area contributed by atoms with Gasteiger partial charge in [0.2, 0.25) is 0 Å². The number of anilines is 2. The minimum atomic E-state index is -0.160. The number of thiophene rings is 1. The van der Waals surface area contributed by atoms with E-state index in [1.54, 1.807) is 29.2 Å². The highest BCUT2D eigenvalue weighted by atomic mass is 32.1. The number of rotatable bonds is 7. The fourth-order valence-electron chi connectivity index (χ4n) is 2.80. The lowest BCUT2D eigenvalue weighted by atomic mass is 10.2. The fourth-order valence-corrected chi connectivity index (χ4v) is 3.42. The van der Waals surface area contributed by atoms with Crippen LogP contribution in [0, 0.1) is 0 Å². The lowest BCUT2D eigenvalue weighted by Crippen LogP contribution is -2.35. The molecule has 3 aromatic rings. The summed E-state index contributed by atoms with van der Waals surface area (Å²) in [5.74, 6) is -0.157. The van der Waals surface area contributed by atoms with E-state index in [2.05, 4.69) is 10.6 Å². The van der Waals surface area contributed by atoms with Gasteiger partial charge in [0.1, 0.15) is 0 Å². The second-order valence-corrected chi connectivity index (χ2v) is 7.30. The molecule has 0 fully saturated rings. The standard InChI is InChI=1S/C22H23N3O2S/c1-2-13-25(16-17-8-4-3-5-9-17)22(27)24-19-11-6-10-18(15-19)23-21(26)20-12-7-14-28-20/h3-12,14-15H,2,13,16H2,1H3,(H,23,26)(H,24,27). The summed E-state index contributed by atoms with van der Waals surface area (Å²) < 4.78 is 0. The molecule has 3 rings (SSSR count). The summed E-state index contributed by atoms with van der Waals surface area (Å²) in [6.45, 7) is 3.26. The average Bonchev–Trinajstić information content (AvgIpc) is 3.24. The van der Waals surface area contributed by atoms with Gasteiger partial charge in [0.05, 0.1) is 4.88 Å². The number of urea groups is 1. The van der Waals surface area contributed by atoms with E-state index in [1.165, 1.54) is 11.3 Å². The zero-order chi connectivity index (χ0) is 19.8. The number of hydrogen-bond donors (Lipinski definition) is 2. The Bertz CT molecular complexity index is 911. The second-order valence-electron chi connectivity index (χ2n) is 6.35. The largest absolute Gasteiger partial charge is 0.322 e. The van der Waals surface area contributed by atoms with E-state index >= 15 is 0 Å². The average molecular weight is 394 g/mol. The highest BCUT2D eigenvalue weighted by Crippen LogP contribution is 2.18. The van der Waals surface area contributed by atoms with Crippen LogP contribution >= 0.6 is 11.3 Å². The van der Waals surface area contributed by atoms with Gasteiger partial charge in [-0.1, -0.05) is 49.4 Å². The summed E-state index contributed by atoms with van der Waals surface area (Å²) >= 11 is 1.39. The summed E-state index contributed by atoms with van der Waals surface area (Å²) in [4.78, 5) is 27.4. The first-order valence-corrected chi connectivity index (χ1v) is 10.1. The third-order valence-electron chi connectivity index (χ3n) is 4.11. The fraction of sp³-hybridized carbons (Fsp3) is 0.182. The number of nitrogens with zero attached hydrogens (tertiary/aromatic N) is 1. The van der Waals surface area contributed by atoms with Crippen molar-refractivity contribution in [2.24, 2.45) is 0 Å². The molecule has 0 aliphatic carbocycles. The van der Waals surface area contributed by atoms with Gasteiger partial charge in [-0.15, -0.1) is 11.3 Å². The number of hydrogen-bond acceptors (Lipinski definition) is 3. The number of carbonyl (C=O) groups excluding carboxylic acids is 2. The number of nitrogens with one attached hydrogen (secondary N) is 2. The molecular weight excluding hydrogens is 370 g/mol. The normalized spacial score (nSPS) is 10.3. The van der Waals surface area contributed by atoms with Gasteiger partial charge in [-0.2, -0.15) is 0 Å². The molecule has 5 nitrogen and oxygen atoms in total. The van der Waals surface area contributed by atoms with Crippen molar-refractivity contribution in [1.29, 1.82) is 0 Å². The van der Waals surface area contributed by atoms with Crippen LogP contribution in [0.5, 0.6) is 0 Å². The molecule has 28 heavy (non-hydrogen) atoms. The molecule has 3 amide bonds. The minimum absolute atomic E-state index is 0.157. The quantitative estimate of drug-likeness (QED) is 0.561. The third-order valence-corrected chi connectivity index (χ3v) is 4.98. The maximum atomic E-state index is 12.8. The summed E-state index contributed by atoms with van der Waals surface area (Å²) in [6, 6.07) is 20.6. The number of benzene rings is 2. The van der Waals surface area contributed by atoms with Gasteiger partial charge < -0.3 is 15.5 Å². The Hall–Kier alpha value is -3.12. The monoisotopic (exact) mass is 393 g/mol. The van der Waals surface area contributed by atoms with E-state index in [0.29, 0.717) is 29.3 Å². The Morgan fingerprint density at radius 2 is 1.68 bits per heavy atom. The van der Waals surface area contributed by atoms with E-state index in [9.17, 15) is 9.59 Å². The van der Waals surface area contributed by atoms with Gasteiger partial charge in [0, 0.05) is 24.5 Å². The Morgan fingerprint density at radius 3 is 2.36 bits per heavy atom. The van der Waals surface area contributed by atoms with Crippen LogP contribution in [-0.4, -0.2) is 23.4 Å². The van der Waals surface area contributed by atoms with Crippen LogP contribution in [0.2, 0.25) is 0 Å². The molecule has 0 bridgehead atoms. The zero-order valence-electron chi connectivity index (χ0n) is 15.7. The Balaban J connectivity index is 1.65. The van der Waals surface area contributed by atoms with Crippen LogP contribution in [0.25, 0.3) is 0 Å². The summed E-state index contributed by atoms with van der Waals surface area (Å²) in [5.41, 5.74) is 2.37. The third kappa shape index (κ3) is 5.44. The molecule has 144 valence electrons. The van der Waals surface area contributed by atoms with Crippen molar-refractivity contribution in [1.82, 2.24) is 4.90 Å². The van der Waals surface area contributed by atoms with Crippen LogP contribution in [0.15, 0.2) is 72.1 Å². The first-order valence-electron chi connectivity index (χ1n) is 9.20. The highest BCUT2D eigenvalue weighted by molar-refractivity contribution is 7.12. The molecule has 2 N–H and O–H groups in total. The van der Waals surface area contributed by atoms with Gasteiger partial charge in [-0.3, -0.25) is 4.79 Å². The summed E-state index contributed by atoms with van der Waals surface area (Å²) in [7, 11) is 0. The number of amides is 3. The molecule has 0 saturated carbocycles. The molecule has 0 atom stereocenters. The molecular formula is C22H23N3O2S. The lowest BCUT2D eigenvalue weighted by Gasteiger charge is -2.23. The second kappa shape index (κ2) is 9.71. The van der Waals surface area contributed by atoms with E-state index in [-0.39, 0.29) is 11.9 Å². The van der Waals surface area contributed by atoms with Crippen molar-refractivity contribution in [3.8, 4) is 0 Å². The number of carbonyl (C=O) groups is 2. The van der Waals surface area contributed by atoms with Crippen molar-refractivity contribution in [2.45, 2.75) is 19.9 Å². The Labute approximate surface area is 169 Å². The maximum absolute atomic E-state index is 12.8. The predicted molar refractivity (Wildman–Crippen MR) is 115 cm³/mol. The van der Waals surface area contributed by atoms with Crippen LogP contribution in [0.4, 0.5) is 16.2 Å². The van der Waals surface area contributed by atoms with Gasteiger partial charge in [-0.05, 0) is 41.6 Å². The molecule has 0 unspecified atom stereocenters.